The van der Waals surface area contributed by atoms with Crippen LogP contribution in [0.3, 0.4) is 0 Å². The summed E-state index contributed by atoms with van der Waals surface area (Å²) in [6, 6.07) is 7.74. The van der Waals surface area contributed by atoms with Gasteiger partial charge in [-0.05, 0) is 38.4 Å². The summed E-state index contributed by atoms with van der Waals surface area (Å²) in [6.07, 6.45) is 4.52. The zero-order valence-electron chi connectivity index (χ0n) is 16.4. The second kappa shape index (κ2) is 7.98. The first-order valence-corrected chi connectivity index (χ1v) is 10.0. The zero-order chi connectivity index (χ0) is 18.8. The van der Waals surface area contributed by atoms with E-state index in [4.69, 9.17) is 0 Å². The molecule has 1 aromatic heterocycles. The van der Waals surface area contributed by atoms with E-state index >= 15 is 0 Å². The summed E-state index contributed by atoms with van der Waals surface area (Å²) in [5, 5.41) is 4.38. The summed E-state index contributed by atoms with van der Waals surface area (Å²) in [7, 11) is 2.01. The Kier molecular flexibility index (Phi) is 5.45. The molecule has 1 atom stereocenters. The maximum absolute atomic E-state index is 14.0. The molecule has 0 bridgehead atoms. The first kappa shape index (κ1) is 18.4. The summed E-state index contributed by atoms with van der Waals surface area (Å²) in [5.74, 6) is -0.110. The van der Waals surface area contributed by atoms with Crippen LogP contribution in [0.25, 0.3) is 0 Å². The normalized spacial score (nSPS) is 22.3. The van der Waals surface area contributed by atoms with Crippen LogP contribution in [0.15, 0.2) is 30.5 Å². The second-order valence-corrected chi connectivity index (χ2v) is 7.88. The monoisotopic (exact) mass is 371 g/mol. The molecule has 4 rings (SSSR count). The second-order valence-electron chi connectivity index (χ2n) is 7.88. The van der Waals surface area contributed by atoms with Crippen molar-refractivity contribution in [1.82, 2.24) is 19.6 Å². The molecule has 1 aromatic carbocycles. The molecule has 0 unspecified atom stereocenters. The summed E-state index contributed by atoms with van der Waals surface area (Å²) < 4.78 is 16.0. The highest BCUT2D eigenvalue weighted by molar-refractivity contribution is 5.48. The molecule has 0 spiro atoms. The predicted molar refractivity (Wildman–Crippen MR) is 106 cm³/mol. The molecular weight excluding hydrogens is 341 g/mol. The lowest BCUT2D eigenvalue weighted by molar-refractivity contribution is 0.0885. The molecule has 0 radical (unpaired) electrons. The molecule has 2 aliphatic heterocycles. The molecule has 3 heterocycles. The summed E-state index contributed by atoms with van der Waals surface area (Å²) in [5.41, 5.74) is 3.34. The van der Waals surface area contributed by atoms with E-state index in [0.29, 0.717) is 6.04 Å². The van der Waals surface area contributed by atoms with Crippen molar-refractivity contribution in [2.75, 3.05) is 44.2 Å². The minimum absolute atomic E-state index is 0.110. The Hall–Kier alpha value is -1.92. The number of piperazine rings is 1. The number of likely N-dealkylation sites (tertiary alicyclic amines) is 1. The number of nitrogens with zero attached hydrogens (tertiary/aromatic N) is 5. The van der Waals surface area contributed by atoms with Gasteiger partial charge in [0.1, 0.15) is 5.82 Å². The third kappa shape index (κ3) is 4.01. The van der Waals surface area contributed by atoms with E-state index in [1.54, 1.807) is 12.1 Å². The molecule has 0 saturated carbocycles. The highest BCUT2D eigenvalue weighted by Gasteiger charge is 2.29. The number of anilines is 1. The molecule has 2 saturated heterocycles. The molecule has 2 aliphatic rings. The fourth-order valence-corrected chi connectivity index (χ4v) is 4.45. The Balaban J connectivity index is 1.33. The van der Waals surface area contributed by atoms with E-state index < -0.39 is 0 Å². The molecule has 0 aliphatic carbocycles. The largest absolute Gasteiger partial charge is 0.367 e. The van der Waals surface area contributed by atoms with Gasteiger partial charge in [-0.2, -0.15) is 5.10 Å². The standard InChI is InChI=1S/C21H30FN5/c1-17-18(14-23-24(17)2)15-25-9-5-6-19(16-25)26-10-12-27(13-11-26)21-8-4-3-7-20(21)22/h3-4,7-8,14,19H,5-6,9-13,15-16H2,1-2H3/t19-/m0/s1. The number of rotatable bonds is 4. The maximum Gasteiger partial charge on any atom is 0.146 e. The molecule has 6 heteroatoms. The number of aromatic nitrogens is 2. The molecule has 5 nitrogen and oxygen atoms in total. The van der Waals surface area contributed by atoms with Crippen LogP contribution in [0.1, 0.15) is 24.1 Å². The number of piperidine rings is 1. The Labute approximate surface area is 161 Å². The van der Waals surface area contributed by atoms with Crippen molar-refractivity contribution in [2.24, 2.45) is 7.05 Å². The highest BCUT2D eigenvalue weighted by atomic mass is 19.1. The first-order valence-electron chi connectivity index (χ1n) is 10.0. The lowest BCUT2D eigenvalue weighted by Gasteiger charge is -2.44. The molecule has 2 aromatic rings. The van der Waals surface area contributed by atoms with Gasteiger partial charge in [0.05, 0.1) is 11.9 Å². The van der Waals surface area contributed by atoms with Crippen molar-refractivity contribution in [3.8, 4) is 0 Å². The Morgan fingerprint density at radius 1 is 1.11 bits per heavy atom. The van der Waals surface area contributed by atoms with E-state index in [-0.39, 0.29) is 5.82 Å². The molecule has 0 N–H and O–H groups in total. The van der Waals surface area contributed by atoms with E-state index in [0.717, 1.165) is 45.0 Å². The van der Waals surface area contributed by atoms with Crippen LogP contribution >= 0.6 is 0 Å². The van der Waals surface area contributed by atoms with E-state index in [1.165, 1.54) is 30.6 Å². The number of hydrogen-bond donors (Lipinski definition) is 0. The topological polar surface area (TPSA) is 27.5 Å². The van der Waals surface area contributed by atoms with Crippen molar-refractivity contribution in [2.45, 2.75) is 32.4 Å². The molecule has 2 fully saturated rings. The first-order chi connectivity index (χ1) is 13.1. The SMILES string of the molecule is Cc1c(CN2CCC[C@H](N3CCN(c4ccccc4F)CC3)C2)cnn1C. The van der Waals surface area contributed by atoms with Crippen molar-refractivity contribution >= 4 is 5.69 Å². The van der Waals surface area contributed by atoms with Gasteiger partial charge in [0.15, 0.2) is 0 Å². The van der Waals surface area contributed by atoms with Crippen molar-refractivity contribution in [3.63, 3.8) is 0 Å². The lowest BCUT2D eigenvalue weighted by atomic mass is 10.0. The van der Waals surface area contributed by atoms with Gasteiger partial charge in [0.25, 0.3) is 0 Å². The van der Waals surface area contributed by atoms with Gasteiger partial charge in [-0.15, -0.1) is 0 Å². The molecule has 0 amide bonds. The minimum atomic E-state index is -0.110. The average molecular weight is 372 g/mol. The fourth-order valence-electron chi connectivity index (χ4n) is 4.45. The third-order valence-electron chi connectivity index (χ3n) is 6.24. The van der Waals surface area contributed by atoms with Gasteiger partial charge in [0.2, 0.25) is 0 Å². The smallest absolute Gasteiger partial charge is 0.146 e. The van der Waals surface area contributed by atoms with Crippen LogP contribution in [-0.2, 0) is 13.6 Å². The minimum Gasteiger partial charge on any atom is -0.367 e. The predicted octanol–water partition coefficient (Wildman–Crippen LogP) is 2.65. The van der Waals surface area contributed by atoms with Crippen molar-refractivity contribution in [1.29, 1.82) is 0 Å². The molecule has 146 valence electrons. The quantitative estimate of drug-likeness (QED) is 0.826. The van der Waals surface area contributed by atoms with E-state index in [1.807, 2.05) is 30.1 Å². The van der Waals surface area contributed by atoms with E-state index in [9.17, 15) is 4.39 Å². The average Bonchev–Trinajstić information content (AvgIpc) is 3.01. The van der Waals surface area contributed by atoms with Gasteiger partial charge >= 0.3 is 0 Å². The number of para-hydroxylation sites is 1. The lowest BCUT2D eigenvalue weighted by Crippen LogP contribution is -2.55. The summed E-state index contributed by atoms with van der Waals surface area (Å²) >= 11 is 0. The van der Waals surface area contributed by atoms with Crippen LogP contribution in [0.2, 0.25) is 0 Å². The summed E-state index contributed by atoms with van der Waals surface area (Å²) in [6.45, 7) is 9.25. The Bertz CT molecular complexity index is 766. The van der Waals surface area contributed by atoms with Crippen molar-refractivity contribution in [3.05, 3.63) is 47.5 Å². The van der Waals surface area contributed by atoms with Crippen LogP contribution < -0.4 is 4.90 Å². The van der Waals surface area contributed by atoms with Crippen LogP contribution in [0.5, 0.6) is 0 Å². The zero-order valence-corrected chi connectivity index (χ0v) is 16.4. The van der Waals surface area contributed by atoms with Gasteiger partial charge in [-0.3, -0.25) is 14.5 Å². The number of halogens is 1. The summed E-state index contributed by atoms with van der Waals surface area (Å²) in [4.78, 5) is 7.37. The number of aryl methyl sites for hydroxylation is 1. The third-order valence-corrected chi connectivity index (χ3v) is 6.24. The van der Waals surface area contributed by atoms with Gasteiger partial charge < -0.3 is 4.90 Å². The van der Waals surface area contributed by atoms with E-state index in [2.05, 4.69) is 26.7 Å². The molecule has 27 heavy (non-hydrogen) atoms. The van der Waals surface area contributed by atoms with Gasteiger partial charge in [-0.25, -0.2) is 4.39 Å². The van der Waals surface area contributed by atoms with Crippen LogP contribution in [0, 0.1) is 12.7 Å². The fraction of sp³-hybridized carbons (Fsp3) is 0.571. The van der Waals surface area contributed by atoms with Crippen molar-refractivity contribution < 1.29 is 4.39 Å². The maximum atomic E-state index is 14.0. The number of hydrogen-bond acceptors (Lipinski definition) is 4. The number of benzene rings is 1. The van der Waals surface area contributed by atoms with Crippen LogP contribution in [-0.4, -0.2) is 64.9 Å². The van der Waals surface area contributed by atoms with Gasteiger partial charge in [-0.1, -0.05) is 12.1 Å². The molecular formula is C21H30FN5. The Morgan fingerprint density at radius 2 is 1.89 bits per heavy atom. The Morgan fingerprint density at radius 3 is 2.59 bits per heavy atom. The van der Waals surface area contributed by atoms with Gasteiger partial charge in [0, 0.05) is 63.6 Å². The van der Waals surface area contributed by atoms with Crippen LogP contribution in [0.4, 0.5) is 10.1 Å². The highest BCUT2D eigenvalue weighted by Crippen LogP contribution is 2.24.